The van der Waals surface area contributed by atoms with Gasteiger partial charge in [0.2, 0.25) is 0 Å². The Morgan fingerprint density at radius 3 is 2.00 bits per heavy atom. The van der Waals surface area contributed by atoms with E-state index in [4.69, 9.17) is 10.5 Å². The standard InChI is InChI=1S/C18H35NO/c1-14-5-7-16(8-6-14)20-18(13-19)11-9-15(10-12-18)17(2,3)4/h14-16H,5-13,19H2,1-4H3. The summed E-state index contributed by atoms with van der Waals surface area (Å²) in [5.74, 6) is 1.72. The van der Waals surface area contributed by atoms with Gasteiger partial charge in [-0.3, -0.25) is 0 Å². The zero-order chi connectivity index (χ0) is 14.8. The molecule has 2 rings (SSSR count). The highest BCUT2D eigenvalue weighted by molar-refractivity contribution is 4.92. The Balaban J connectivity index is 1.88. The third-order valence-corrected chi connectivity index (χ3v) is 5.87. The summed E-state index contributed by atoms with van der Waals surface area (Å²) in [5.41, 5.74) is 6.54. The van der Waals surface area contributed by atoms with Gasteiger partial charge in [-0.05, 0) is 68.6 Å². The van der Waals surface area contributed by atoms with Crippen LogP contribution in [-0.4, -0.2) is 18.2 Å². The quantitative estimate of drug-likeness (QED) is 0.825. The van der Waals surface area contributed by atoms with Crippen molar-refractivity contribution in [3.05, 3.63) is 0 Å². The first-order valence-corrected chi connectivity index (χ1v) is 8.72. The van der Waals surface area contributed by atoms with Crippen molar-refractivity contribution in [2.75, 3.05) is 6.54 Å². The number of hydrogen-bond acceptors (Lipinski definition) is 2. The molecule has 2 nitrogen and oxygen atoms in total. The molecule has 0 heterocycles. The molecular weight excluding hydrogens is 246 g/mol. The third-order valence-electron chi connectivity index (χ3n) is 5.87. The number of ether oxygens (including phenoxy) is 1. The highest BCUT2D eigenvalue weighted by Crippen LogP contribution is 2.43. The van der Waals surface area contributed by atoms with Crippen LogP contribution in [0.4, 0.5) is 0 Å². The maximum absolute atomic E-state index is 6.55. The van der Waals surface area contributed by atoms with Crippen molar-refractivity contribution >= 4 is 0 Å². The van der Waals surface area contributed by atoms with Gasteiger partial charge >= 0.3 is 0 Å². The van der Waals surface area contributed by atoms with E-state index in [9.17, 15) is 0 Å². The largest absolute Gasteiger partial charge is 0.370 e. The lowest BCUT2D eigenvalue weighted by Crippen LogP contribution is -2.48. The highest BCUT2D eigenvalue weighted by atomic mass is 16.5. The summed E-state index contributed by atoms with van der Waals surface area (Å²) in [6.07, 6.45) is 10.5. The van der Waals surface area contributed by atoms with Crippen LogP contribution in [0.2, 0.25) is 0 Å². The molecule has 0 saturated heterocycles. The molecule has 0 unspecified atom stereocenters. The lowest BCUT2D eigenvalue weighted by Gasteiger charge is -2.45. The molecule has 0 aliphatic heterocycles. The Labute approximate surface area is 125 Å². The summed E-state index contributed by atoms with van der Waals surface area (Å²) < 4.78 is 6.55. The van der Waals surface area contributed by atoms with Crippen LogP contribution in [-0.2, 0) is 4.74 Å². The van der Waals surface area contributed by atoms with Gasteiger partial charge in [-0.1, -0.05) is 27.7 Å². The van der Waals surface area contributed by atoms with E-state index in [2.05, 4.69) is 27.7 Å². The first-order chi connectivity index (χ1) is 9.35. The Morgan fingerprint density at radius 1 is 1.00 bits per heavy atom. The average molecular weight is 281 g/mol. The van der Waals surface area contributed by atoms with E-state index in [-0.39, 0.29) is 5.60 Å². The second-order valence-corrected chi connectivity index (χ2v) is 8.53. The Morgan fingerprint density at radius 2 is 1.55 bits per heavy atom. The molecule has 2 fully saturated rings. The minimum atomic E-state index is -0.00695. The van der Waals surface area contributed by atoms with Crippen LogP contribution in [0.1, 0.15) is 79.1 Å². The van der Waals surface area contributed by atoms with Crippen LogP contribution in [0.15, 0.2) is 0 Å². The van der Waals surface area contributed by atoms with Crippen molar-refractivity contribution in [3.63, 3.8) is 0 Å². The molecule has 2 heteroatoms. The Kier molecular flexibility index (Phi) is 5.18. The van der Waals surface area contributed by atoms with Gasteiger partial charge in [0.15, 0.2) is 0 Å². The van der Waals surface area contributed by atoms with Crippen molar-refractivity contribution in [3.8, 4) is 0 Å². The molecule has 118 valence electrons. The molecule has 0 atom stereocenters. The fourth-order valence-electron chi connectivity index (χ4n) is 4.08. The van der Waals surface area contributed by atoms with Crippen molar-refractivity contribution in [1.29, 1.82) is 0 Å². The molecule has 0 aromatic carbocycles. The zero-order valence-electron chi connectivity index (χ0n) is 14.1. The SMILES string of the molecule is CC1CCC(OC2(CN)CCC(C(C)(C)C)CC2)CC1. The predicted molar refractivity (Wildman–Crippen MR) is 85.7 cm³/mol. The van der Waals surface area contributed by atoms with E-state index in [0.717, 1.165) is 24.7 Å². The average Bonchev–Trinajstić information content (AvgIpc) is 2.41. The number of nitrogens with two attached hydrogens (primary N) is 1. The van der Waals surface area contributed by atoms with Crippen LogP contribution in [0.5, 0.6) is 0 Å². The molecule has 2 aliphatic carbocycles. The molecule has 0 aromatic rings. The van der Waals surface area contributed by atoms with Gasteiger partial charge in [0.1, 0.15) is 0 Å². The lowest BCUT2D eigenvalue weighted by molar-refractivity contribution is -0.130. The number of hydrogen-bond donors (Lipinski definition) is 1. The van der Waals surface area contributed by atoms with Crippen LogP contribution < -0.4 is 5.73 Å². The van der Waals surface area contributed by atoms with E-state index in [1.807, 2.05) is 0 Å². The van der Waals surface area contributed by atoms with Crippen LogP contribution >= 0.6 is 0 Å². The molecule has 2 aliphatic rings. The highest BCUT2D eigenvalue weighted by Gasteiger charge is 2.40. The molecule has 0 spiro atoms. The van der Waals surface area contributed by atoms with Crippen LogP contribution in [0.3, 0.4) is 0 Å². The molecule has 0 amide bonds. The van der Waals surface area contributed by atoms with Gasteiger partial charge in [-0.2, -0.15) is 0 Å². The molecule has 2 N–H and O–H groups in total. The first-order valence-electron chi connectivity index (χ1n) is 8.72. The van der Waals surface area contributed by atoms with E-state index in [1.54, 1.807) is 0 Å². The zero-order valence-corrected chi connectivity index (χ0v) is 14.1. The van der Waals surface area contributed by atoms with Crippen molar-refractivity contribution in [2.24, 2.45) is 23.0 Å². The van der Waals surface area contributed by atoms with Crippen LogP contribution in [0, 0.1) is 17.3 Å². The minimum Gasteiger partial charge on any atom is -0.370 e. The van der Waals surface area contributed by atoms with Crippen molar-refractivity contribution in [1.82, 2.24) is 0 Å². The molecule has 0 radical (unpaired) electrons. The summed E-state index contributed by atoms with van der Waals surface area (Å²) in [4.78, 5) is 0. The summed E-state index contributed by atoms with van der Waals surface area (Å²) in [6, 6.07) is 0. The second kappa shape index (κ2) is 6.36. The summed E-state index contributed by atoms with van der Waals surface area (Å²) in [6.45, 7) is 10.2. The smallest absolute Gasteiger partial charge is 0.0808 e. The predicted octanol–water partition coefficient (Wildman–Crippen LogP) is 4.52. The summed E-state index contributed by atoms with van der Waals surface area (Å²) >= 11 is 0. The molecule has 2 saturated carbocycles. The third kappa shape index (κ3) is 3.98. The van der Waals surface area contributed by atoms with E-state index in [1.165, 1.54) is 38.5 Å². The molecule has 20 heavy (non-hydrogen) atoms. The van der Waals surface area contributed by atoms with Gasteiger partial charge in [0.05, 0.1) is 11.7 Å². The van der Waals surface area contributed by atoms with Gasteiger partial charge in [0, 0.05) is 6.54 Å². The molecule has 0 bridgehead atoms. The summed E-state index contributed by atoms with van der Waals surface area (Å²) in [7, 11) is 0. The van der Waals surface area contributed by atoms with E-state index < -0.39 is 0 Å². The lowest BCUT2D eigenvalue weighted by atomic mass is 9.68. The maximum Gasteiger partial charge on any atom is 0.0808 e. The maximum atomic E-state index is 6.55. The van der Waals surface area contributed by atoms with Gasteiger partial charge in [-0.15, -0.1) is 0 Å². The summed E-state index contributed by atoms with van der Waals surface area (Å²) in [5, 5.41) is 0. The Hall–Kier alpha value is -0.0800. The van der Waals surface area contributed by atoms with Gasteiger partial charge < -0.3 is 10.5 Å². The fraction of sp³-hybridized carbons (Fsp3) is 1.00. The monoisotopic (exact) mass is 281 g/mol. The van der Waals surface area contributed by atoms with Crippen LogP contribution in [0.25, 0.3) is 0 Å². The molecule has 0 aromatic heterocycles. The first kappa shape index (κ1) is 16.3. The van der Waals surface area contributed by atoms with Gasteiger partial charge in [0.25, 0.3) is 0 Å². The van der Waals surface area contributed by atoms with E-state index >= 15 is 0 Å². The Bertz CT molecular complexity index is 291. The van der Waals surface area contributed by atoms with Crippen molar-refractivity contribution < 1.29 is 4.74 Å². The van der Waals surface area contributed by atoms with Crippen molar-refractivity contribution in [2.45, 2.75) is 90.8 Å². The topological polar surface area (TPSA) is 35.2 Å². The normalized spacial score (nSPS) is 39.8. The minimum absolute atomic E-state index is 0.00695. The molecular formula is C18H35NO. The van der Waals surface area contributed by atoms with Gasteiger partial charge in [-0.25, -0.2) is 0 Å². The van der Waals surface area contributed by atoms with E-state index in [0.29, 0.717) is 18.1 Å². The second-order valence-electron chi connectivity index (χ2n) is 8.53. The fourth-order valence-corrected chi connectivity index (χ4v) is 4.08. The number of rotatable bonds is 3.